The zero-order valence-corrected chi connectivity index (χ0v) is 9.10. The minimum atomic E-state index is -0.162. The van der Waals surface area contributed by atoms with E-state index in [4.69, 9.17) is 5.11 Å². The summed E-state index contributed by atoms with van der Waals surface area (Å²) in [5, 5.41) is 11.5. The maximum Gasteiger partial charge on any atom is 0.233 e. The number of amides is 1. The number of hydrogen-bond donors (Lipinski definition) is 2. The fraction of sp³-hybridized carbons (Fsp3) is 0.875. The molecule has 0 aromatic carbocycles. The molecule has 0 saturated carbocycles. The number of hydrogen-bond acceptors (Lipinski definition) is 2. The molecule has 0 bridgehead atoms. The van der Waals surface area contributed by atoms with Crippen LogP contribution in [0.15, 0.2) is 0 Å². The number of carbonyl (C=O) groups is 1. The molecule has 1 amide bonds. The van der Waals surface area contributed by atoms with Crippen molar-refractivity contribution in [2.75, 3.05) is 6.61 Å². The topological polar surface area (TPSA) is 49.3 Å². The van der Waals surface area contributed by atoms with Crippen LogP contribution in [0.1, 0.15) is 26.7 Å². The maximum absolute atomic E-state index is 11.1. The molecule has 0 radical (unpaired) electrons. The van der Waals surface area contributed by atoms with Gasteiger partial charge in [-0.3, -0.25) is 4.79 Å². The predicted molar refractivity (Wildman–Crippen MR) is 52.3 cm³/mol. The average Bonchev–Trinajstić information content (AvgIpc) is 2.03. The van der Waals surface area contributed by atoms with E-state index in [0.29, 0.717) is 6.42 Å². The van der Waals surface area contributed by atoms with E-state index in [1.165, 1.54) is 0 Å². The molecule has 2 unspecified atom stereocenters. The van der Waals surface area contributed by atoms with E-state index < -0.39 is 0 Å². The van der Waals surface area contributed by atoms with Gasteiger partial charge in [0.2, 0.25) is 5.91 Å². The highest BCUT2D eigenvalue weighted by Crippen LogP contribution is 2.01. The van der Waals surface area contributed by atoms with Crippen LogP contribution in [0.25, 0.3) is 0 Å². The van der Waals surface area contributed by atoms with Crippen LogP contribution in [0, 0.1) is 0 Å². The molecule has 0 rings (SSSR count). The summed E-state index contributed by atoms with van der Waals surface area (Å²) in [6, 6.07) is 0.0995. The van der Waals surface area contributed by atoms with Crippen molar-refractivity contribution in [1.82, 2.24) is 5.32 Å². The fourth-order valence-electron chi connectivity index (χ4n) is 0.850. The lowest BCUT2D eigenvalue weighted by Crippen LogP contribution is -2.38. The Bertz CT molecular complexity index is 139. The van der Waals surface area contributed by atoms with Crippen molar-refractivity contribution >= 4 is 21.8 Å². The van der Waals surface area contributed by atoms with E-state index in [1.54, 1.807) is 6.92 Å². The monoisotopic (exact) mass is 237 g/mol. The van der Waals surface area contributed by atoms with E-state index in [0.717, 1.165) is 6.42 Å². The van der Waals surface area contributed by atoms with Crippen molar-refractivity contribution in [2.45, 2.75) is 37.6 Å². The number of rotatable bonds is 5. The summed E-state index contributed by atoms with van der Waals surface area (Å²) < 4.78 is 0. The second kappa shape index (κ2) is 6.43. The Morgan fingerprint density at radius 3 is 2.58 bits per heavy atom. The van der Waals surface area contributed by atoms with Crippen LogP contribution < -0.4 is 5.32 Å². The largest absolute Gasteiger partial charge is 0.396 e. The number of aliphatic hydroxyl groups is 1. The van der Waals surface area contributed by atoms with Crippen molar-refractivity contribution in [2.24, 2.45) is 0 Å². The first-order valence-corrected chi connectivity index (χ1v) is 5.08. The molecule has 0 aliphatic rings. The van der Waals surface area contributed by atoms with E-state index in [9.17, 15) is 4.79 Å². The van der Waals surface area contributed by atoms with Gasteiger partial charge in [0.1, 0.15) is 0 Å². The fourth-order valence-corrected chi connectivity index (χ4v) is 0.982. The molecule has 4 heteroatoms. The SMILES string of the molecule is CCC(CCO)NC(=O)C(C)Br. The van der Waals surface area contributed by atoms with Gasteiger partial charge in [0.15, 0.2) is 0 Å². The molecule has 3 nitrogen and oxygen atoms in total. The van der Waals surface area contributed by atoms with Crippen molar-refractivity contribution in [1.29, 1.82) is 0 Å². The third-order valence-electron chi connectivity index (χ3n) is 1.68. The van der Waals surface area contributed by atoms with E-state index >= 15 is 0 Å². The van der Waals surface area contributed by atoms with Crippen molar-refractivity contribution in [3.63, 3.8) is 0 Å². The third kappa shape index (κ3) is 4.72. The Hall–Kier alpha value is -0.0900. The minimum absolute atomic E-state index is 0.0182. The van der Waals surface area contributed by atoms with Gasteiger partial charge in [0.25, 0.3) is 0 Å². The number of halogens is 1. The molecule has 0 fully saturated rings. The van der Waals surface area contributed by atoms with Crippen LogP contribution in [0.2, 0.25) is 0 Å². The summed E-state index contributed by atoms with van der Waals surface area (Å²) >= 11 is 3.17. The van der Waals surface area contributed by atoms with Crippen molar-refractivity contribution in [3.05, 3.63) is 0 Å². The molecule has 0 aliphatic carbocycles. The van der Waals surface area contributed by atoms with Gasteiger partial charge in [-0.1, -0.05) is 22.9 Å². The average molecular weight is 238 g/mol. The Kier molecular flexibility index (Phi) is 6.38. The summed E-state index contributed by atoms with van der Waals surface area (Å²) in [6.45, 7) is 3.88. The Morgan fingerprint density at radius 1 is 1.67 bits per heavy atom. The van der Waals surface area contributed by atoms with E-state index in [-0.39, 0.29) is 23.4 Å². The number of nitrogens with one attached hydrogen (secondary N) is 1. The molecule has 0 aromatic heterocycles. The van der Waals surface area contributed by atoms with Crippen LogP contribution in [-0.4, -0.2) is 28.5 Å². The lowest BCUT2D eigenvalue weighted by molar-refractivity contribution is -0.121. The molecule has 2 atom stereocenters. The standard InChI is InChI=1S/C8H16BrNO2/c1-3-7(4-5-11)10-8(12)6(2)9/h6-7,11H,3-5H2,1-2H3,(H,10,12). The molecule has 0 aliphatic heterocycles. The second-order valence-electron chi connectivity index (χ2n) is 2.74. The minimum Gasteiger partial charge on any atom is -0.396 e. The van der Waals surface area contributed by atoms with Gasteiger partial charge in [-0.15, -0.1) is 0 Å². The molecule has 2 N–H and O–H groups in total. The molecule has 0 heterocycles. The first-order chi connectivity index (χ1) is 5.61. The first kappa shape index (κ1) is 11.9. The maximum atomic E-state index is 11.1. The Balaban J connectivity index is 3.77. The van der Waals surface area contributed by atoms with Crippen LogP contribution in [0.3, 0.4) is 0 Å². The highest BCUT2D eigenvalue weighted by atomic mass is 79.9. The number of aliphatic hydroxyl groups excluding tert-OH is 1. The van der Waals surface area contributed by atoms with Crippen molar-refractivity contribution in [3.8, 4) is 0 Å². The van der Waals surface area contributed by atoms with Crippen molar-refractivity contribution < 1.29 is 9.90 Å². The van der Waals surface area contributed by atoms with Crippen LogP contribution in [-0.2, 0) is 4.79 Å². The first-order valence-electron chi connectivity index (χ1n) is 4.17. The van der Waals surface area contributed by atoms with Crippen LogP contribution in [0.4, 0.5) is 0 Å². The van der Waals surface area contributed by atoms with Gasteiger partial charge in [-0.25, -0.2) is 0 Å². The molecular formula is C8H16BrNO2. The van der Waals surface area contributed by atoms with Gasteiger partial charge >= 0.3 is 0 Å². The summed E-state index contributed by atoms with van der Waals surface area (Å²) in [5.74, 6) is -0.0182. The normalized spacial score (nSPS) is 15.3. The van der Waals surface area contributed by atoms with Gasteiger partial charge in [0, 0.05) is 12.6 Å². The highest BCUT2D eigenvalue weighted by molar-refractivity contribution is 9.10. The number of carbonyl (C=O) groups excluding carboxylic acids is 1. The third-order valence-corrected chi connectivity index (χ3v) is 2.09. The van der Waals surface area contributed by atoms with E-state index in [1.807, 2.05) is 6.92 Å². The summed E-state index contributed by atoms with van der Waals surface area (Å²) in [7, 11) is 0. The van der Waals surface area contributed by atoms with Gasteiger partial charge < -0.3 is 10.4 Å². The van der Waals surface area contributed by atoms with Gasteiger partial charge in [-0.2, -0.15) is 0 Å². The summed E-state index contributed by atoms with van der Waals surface area (Å²) in [5.41, 5.74) is 0. The van der Waals surface area contributed by atoms with Gasteiger partial charge in [-0.05, 0) is 19.8 Å². The summed E-state index contributed by atoms with van der Waals surface area (Å²) in [4.78, 5) is 11.0. The van der Waals surface area contributed by atoms with Crippen LogP contribution in [0.5, 0.6) is 0 Å². The predicted octanol–water partition coefficient (Wildman–Crippen LogP) is 1.05. The second-order valence-corrected chi connectivity index (χ2v) is 4.12. The Morgan fingerprint density at radius 2 is 2.25 bits per heavy atom. The highest BCUT2D eigenvalue weighted by Gasteiger charge is 2.13. The van der Waals surface area contributed by atoms with Crippen LogP contribution >= 0.6 is 15.9 Å². The lowest BCUT2D eigenvalue weighted by atomic mass is 10.1. The zero-order valence-electron chi connectivity index (χ0n) is 7.51. The van der Waals surface area contributed by atoms with Gasteiger partial charge in [0.05, 0.1) is 4.83 Å². The quantitative estimate of drug-likeness (QED) is 0.703. The summed E-state index contributed by atoms with van der Waals surface area (Å²) in [6.07, 6.45) is 1.48. The molecule has 72 valence electrons. The van der Waals surface area contributed by atoms with E-state index in [2.05, 4.69) is 21.2 Å². The molecule has 0 saturated heterocycles. The molecular weight excluding hydrogens is 222 g/mol. The molecule has 12 heavy (non-hydrogen) atoms. The molecule has 0 aromatic rings. The number of alkyl halides is 1. The lowest BCUT2D eigenvalue weighted by Gasteiger charge is -2.16. The smallest absolute Gasteiger partial charge is 0.233 e. The molecule has 0 spiro atoms. The Labute approximate surface area is 81.7 Å². The zero-order chi connectivity index (χ0) is 9.56.